The fourth-order valence-corrected chi connectivity index (χ4v) is 3.93. The van der Waals surface area contributed by atoms with Gasteiger partial charge in [-0.3, -0.25) is 9.69 Å². The molecule has 1 aromatic heterocycles. The Hall–Kier alpha value is -2.90. The highest BCUT2D eigenvalue weighted by atomic mass is 35.5. The molecule has 168 valence electrons. The summed E-state index contributed by atoms with van der Waals surface area (Å²) in [5.74, 6) is 1.93. The second-order valence-corrected chi connectivity index (χ2v) is 8.69. The Morgan fingerprint density at radius 1 is 1.22 bits per heavy atom. The van der Waals surface area contributed by atoms with Gasteiger partial charge in [0.1, 0.15) is 5.75 Å². The molecule has 0 unspecified atom stereocenters. The number of carbonyl (C=O) groups is 1. The number of amides is 1. The summed E-state index contributed by atoms with van der Waals surface area (Å²) >= 11 is 6.04. The van der Waals surface area contributed by atoms with Crippen molar-refractivity contribution in [2.45, 2.75) is 39.3 Å². The van der Waals surface area contributed by atoms with E-state index in [9.17, 15) is 4.79 Å². The lowest BCUT2D eigenvalue weighted by Crippen LogP contribution is -2.37. The fourth-order valence-electron chi connectivity index (χ4n) is 3.74. The van der Waals surface area contributed by atoms with Gasteiger partial charge in [-0.15, -0.1) is 0 Å². The van der Waals surface area contributed by atoms with Gasteiger partial charge in [0.15, 0.2) is 0 Å². The Kier molecular flexibility index (Phi) is 7.07. The van der Waals surface area contributed by atoms with Gasteiger partial charge < -0.3 is 14.6 Å². The first kappa shape index (κ1) is 22.3. The Morgan fingerprint density at radius 3 is 2.66 bits per heavy atom. The monoisotopic (exact) mass is 454 g/mol. The quantitative estimate of drug-likeness (QED) is 0.539. The standard InChI is InChI=1S/C24H27ClN4O3/c1-16(2)31-21-8-6-20(7-9-21)26-24(30)17-10-12-29(13-11-17)15-22-27-23(28-32-22)18-4-3-5-19(25)14-18/h3-9,14,16-17H,10-13,15H2,1-2H3,(H,26,30). The number of ether oxygens (including phenoxy) is 1. The number of piperidine rings is 1. The molecule has 0 bridgehead atoms. The van der Waals surface area contributed by atoms with E-state index in [0.717, 1.165) is 42.9 Å². The highest BCUT2D eigenvalue weighted by Gasteiger charge is 2.26. The van der Waals surface area contributed by atoms with E-state index in [1.807, 2.05) is 62.4 Å². The van der Waals surface area contributed by atoms with E-state index in [0.29, 0.717) is 23.3 Å². The van der Waals surface area contributed by atoms with Gasteiger partial charge in [0, 0.05) is 22.2 Å². The zero-order valence-corrected chi connectivity index (χ0v) is 19.0. The van der Waals surface area contributed by atoms with E-state index < -0.39 is 0 Å². The van der Waals surface area contributed by atoms with Crippen LogP contribution >= 0.6 is 11.6 Å². The van der Waals surface area contributed by atoms with Gasteiger partial charge in [-0.2, -0.15) is 4.98 Å². The van der Waals surface area contributed by atoms with E-state index in [4.69, 9.17) is 20.9 Å². The molecule has 2 aromatic carbocycles. The van der Waals surface area contributed by atoms with Crippen molar-refractivity contribution < 1.29 is 14.1 Å². The molecule has 3 aromatic rings. The van der Waals surface area contributed by atoms with E-state index in [1.54, 1.807) is 0 Å². The van der Waals surface area contributed by atoms with Crippen molar-refractivity contribution in [1.29, 1.82) is 0 Å². The predicted molar refractivity (Wildman–Crippen MR) is 124 cm³/mol. The molecule has 4 rings (SSSR count). The molecule has 2 heterocycles. The summed E-state index contributed by atoms with van der Waals surface area (Å²) in [6.45, 7) is 6.14. The average Bonchev–Trinajstić information content (AvgIpc) is 3.24. The molecule has 0 aliphatic carbocycles. The number of nitrogens with zero attached hydrogens (tertiary/aromatic N) is 3. The smallest absolute Gasteiger partial charge is 0.241 e. The van der Waals surface area contributed by atoms with E-state index >= 15 is 0 Å². The molecular weight excluding hydrogens is 428 g/mol. The second kappa shape index (κ2) is 10.1. The lowest BCUT2D eigenvalue weighted by molar-refractivity contribution is -0.121. The molecule has 8 heteroatoms. The third kappa shape index (κ3) is 5.87. The van der Waals surface area contributed by atoms with Crippen molar-refractivity contribution in [3.8, 4) is 17.1 Å². The molecule has 1 amide bonds. The first-order valence-electron chi connectivity index (χ1n) is 10.8. The van der Waals surface area contributed by atoms with Crippen LogP contribution in [0.5, 0.6) is 5.75 Å². The zero-order chi connectivity index (χ0) is 22.5. The molecule has 32 heavy (non-hydrogen) atoms. The van der Waals surface area contributed by atoms with Crippen LogP contribution in [-0.4, -0.2) is 40.1 Å². The Morgan fingerprint density at radius 2 is 1.97 bits per heavy atom. The highest BCUT2D eigenvalue weighted by Crippen LogP contribution is 2.24. The number of anilines is 1. The average molecular weight is 455 g/mol. The first-order valence-corrected chi connectivity index (χ1v) is 11.2. The van der Waals surface area contributed by atoms with Crippen LogP contribution in [0.15, 0.2) is 53.1 Å². The van der Waals surface area contributed by atoms with E-state index in [2.05, 4.69) is 20.4 Å². The summed E-state index contributed by atoms with van der Waals surface area (Å²) in [7, 11) is 0. The van der Waals surface area contributed by atoms with Crippen LogP contribution in [0.1, 0.15) is 32.6 Å². The van der Waals surface area contributed by atoms with E-state index in [1.165, 1.54) is 0 Å². The van der Waals surface area contributed by atoms with Crippen LogP contribution in [0.25, 0.3) is 11.4 Å². The van der Waals surface area contributed by atoms with Crippen molar-refractivity contribution in [2.75, 3.05) is 18.4 Å². The number of hydrogen-bond acceptors (Lipinski definition) is 6. The topological polar surface area (TPSA) is 80.5 Å². The molecule has 1 fully saturated rings. The van der Waals surface area contributed by atoms with Crippen LogP contribution in [0.3, 0.4) is 0 Å². The fraction of sp³-hybridized carbons (Fsp3) is 0.375. The number of benzene rings is 2. The summed E-state index contributed by atoms with van der Waals surface area (Å²) in [6, 6.07) is 14.9. The lowest BCUT2D eigenvalue weighted by Gasteiger charge is -2.30. The third-order valence-electron chi connectivity index (χ3n) is 5.36. The zero-order valence-electron chi connectivity index (χ0n) is 18.3. The molecule has 7 nitrogen and oxygen atoms in total. The maximum absolute atomic E-state index is 12.7. The number of aromatic nitrogens is 2. The van der Waals surface area contributed by atoms with Crippen molar-refractivity contribution in [2.24, 2.45) is 5.92 Å². The molecule has 1 aliphatic heterocycles. The Balaban J connectivity index is 1.26. The molecule has 0 atom stereocenters. The van der Waals surface area contributed by atoms with Crippen LogP contribution in [0.2, 0.25) is 5.02 Å². The van der Waals surface area contributed by atoms with Gasteiger partial charge >= 0.3 is 0 Å². The lowest BCUT2D eigenvalue weighted by atomic mass is 9.96. The minimum atomic E-state index is -0.0115. The molecule has 0 spiro atoms. The Bertz CT molecular complexity index is 1040. The number of nitrogens with one attached hydrogen (secondary N) is 1. The predicted octanol–water partition coefficient (Wildman–Crippen LogP) is 5.03. The van der Waals surface area contributed by atoms with E-state index in [-0.39, 0.29) is 17.9 Å². The molecule has 0 saturated carbocycles. The molecule has 1 N–H and O–H groups in total. The summed E-state index contributed by atoms with van der Waals surface area (Å²) in [6.07, 6.45) is 1.70. The van der Waals surface area contributed by atoms with Crippen molar-refractivity contribution >= 4 is 23.2 Å². The maximum Gasteiger partial charge on any atom is 0.241 e. The minimum Gasteiger partial charge on any atom is -0.491 e. The number of rotatable bonds is 7. The van der Waals surface area contributed by atoms with Crippen LogP contribution in [0.4, 0.5) is 5.69 Å². The normalized spacial score (nSPS) is 15.1. The molecule has 1 aliphatic rings. The molecular formula is C24H27ClN4O3. The summed E-state index contributed by atoms with van der Waals surface area (Å²) in [5, 5.41) is 7.71. The number of hydrogen-bond donors (Lipinski definition) is 1. The van der Waals surface area contributed by atoms with Crippen molar-refractivity contribution in [1.82, 2.24) is 15.0 Å². The minimum absolute atomic E-state index is 0.0115. The highest BCUT2D eigenvalue weighted by molar-refractivity contribution is 6.30. The summed E-state index contributed by atoms with van der Waals surface area (Å²) in [4.78, 5) is 19.4. The van der Waals surface area contributed by atoms with Gasteiger partial charge in [-0.1, -0.05) is 28.9 Å². The largest absolute Gasteiger partial charge is 0.491 e. The second-order valence-electron chi connectivity index (χ2n) is 8.25. The molecule has 1 saturated heterocycles. The Labute approximate surface area is 192 Å². The van der Waals surface area contributed by atoms with Gasteiger partial charge in [0.05, 0.1) is 12.6 Å². The van der Waals surface area contributed by atoms with Crippen LogP contribution in [-0.2, 0) is 11.3 Å². The summed E-state index contributed by atoms with van der Waals surface area (Å²) < 4.78 is 11.1. The number of likely N-dealkylation sites (tertiary alicyclic amines) is 1. The van der Waals surface area contributed by atoms with Gasteiger partial charge in [-0.05, 0) is 76.2 Å². The van der Waals surface area contributed by atoms with Crippen molar-refractivity contribution in [3.63, 3.8) is 0 Å². The number of halogens is 1. The number of carbonyl (C=O) groups excluding carboxylic acids is 1. The van der Waals surface area contributed by atoms with Crippen LogP contribution in [0, 0.1) is 5.92 Å². The van der Waals surface area contributed by atoms with Crippen LogP contribution < -0.4 is 10.1 Å². The van der Waals surface area contributed by atoms with Gasteiger partial charge in [-0.25, -0.2) is 0 Å². The maximum atomic E-state index is 12.7. The first-order chi connectivity index (χ1) is 15.5. The summed E-state index contributed by atoms with van der Waals surface area (Å²) in [5.41, 5.74) is 1.61. The van der Waals surface area contributed by atoms with Gasteiger partial charge in [0.25, 0.3) is 0 Å². The van der Waals surface area contributed by atoms with Gasteiger partial charge in [0.2, 0.25) is 17.6 Å². The van der Waals surface area contributed by atoms with Crippen molar-refractivity contribution in [3.05, 3.63) is 59.4 Å². The third-order valence-corrected chi connectivity index (χ3v) is 5.60. The molecule has 0 radical (unpaired) electrons. The SMILES string of the molecule is CC(C)Oc1ccc(NC(=O)C2CCN(Cc3nc(-c4cccc(Cl)c4)no3)CC2)cc1.